The van der Waals surface area contributed by atoms with Crippen molar-refractivity contribution in [3.8, 4) is 17.4 Å². The lowest BCUT2D eigenvalue weighted by Gasteiger charge is -2.06. The maximum Gasteiger partial charge on any atom is 0.416 e. The third kappa shape index (κ3) is 4.60. The molecule has 26 heavy (non-hydrogen) atoms. The molecule has 0 saturated carbocycles. The number of nitrogens with one attached hydrogen (secondary N) is 1. The first-order valence-electron chi connectivity index (χ1n) is 7.72. The third-order valence-corrected chi connectivity index (χ3v) is 3.13. The van der Waals surface area contributed by atoms with Crippen LogP contribution in [0.4, 0.5) is 24.9 Å². The van der Waals surface area contributed by atoms with E-state index in [2.05, 4.69) is 15.3 Å². The highest BCUT2D eigenvalue weighted by Crippen LogP contribution is 2.31. The van der Waals surface area contributed by atoms with Gasteiger partial charge in [0, 0.05) is 5.56 Å². The number of nitriles is 1. The summed E-state index contributed by atoms with van der Waals surface area (Å²) in [6.45, 7) is 4.00. The van der Waals surface area contributed by atoms with Crippen LogP contribution in [-0.2, 0) is 6.18 Å². The van der Waals surface area contributed by atoms with E-state index in [1.165, 1.54) is 30.6 Å². The van der Waals surface area contributed by atoms with Gasteiger partial charge in [-0.3, -0.25) is 0 Å². The maximum absolute atomic E-state index is 12.6. The Morgan fingerprint density at radius 3 is 2.23 bits per heavy atom. The van der Waals surface area contributed by atoms with Gasteiger partial charge in [-0.15, -0.1) is 0 Å². The highest BCUT2D eigenvalue weighted by atomic mass is 19.4. The van der Waals surface area contributed by atoms with Gasteiger partial charge < -0.3 is 9.73 Å². The van der Waals surface area contributed by atoms with E-state index in [0.29, 0.717) is 17.0 Å². The molecule has 0 radical (unpaired) electrons. The average molecular weight is 360 g/mol. The molecule has 5 nitrogen and oxygen atoms in total. The molecule has 3 aromatic rings. The number of rotatable bonds is 3. The van der Waals surface area contributed by atoms with Crippen LogP contribution >= 0.6 is 0 Å². The van der Waals surface area contributed by atoms with Crippen LogP contribution in [0.25, 0.3) is 11.3 Å². The van der Waals surface area contributed by atoms with Crippen molar-refractivity contribution in [1.82, 2.24) is 9.97 Å². The van der Waals surface area contributed by atoms with Crippen molar-refractivity contribution in [2.75, 3.05) is 5.32 Å². The quantitative estimate of drug-likeness (QED) is 0.677. The number of anilines is 2. The molecule has 0 fully saturated rings. The van der Waals surface area contributed by atoms with Gasteiger partial charge in [0.05, 0.1) is 23.6 Å². The number of benzene rings is 1. The fraction of sp³-hybridized carbons (Fsp3) is 0.167. The molecule has 1 N–H and O–H groups in total. The molecule has 8 heteroatoms. The molecule has 3 rings (SSSR count). The normalized spacial score (nSPS) is 10.5. The van der Waals surface area contributed by atoms with Crippen molar-refractivity contribution in [2.24, 2.45) is 0 Å². The Morgan fingerprint density at radius 2 is 1.69 bits per heavy atom. The largest absolute Gasteiger partial charge is 0.423 e. The summed E-state index contributed by atoms with van der Waals surface area (Å²) in [5.41, 5.74) is 0.586. The molecule has 0 atom stereocenters. The van der Waals surface area contributed by atoms with E-state index in [0.717, 1.165) is 12.1 Å². The zero-order chi connectivity index (χ0) is 19.2. The van der Waals surface area contributed by atoms with Crippen LogP contribution in [0, 0.1) is 11.3 Å². The van der Waals surface area contributed by atoms with Crippen molar-refractivity contribution in [3.05, 3.63) is 60.0 Å². The highest BCUT2D eigenvalue weighted by Gasteiger charge is 2.30. The van der Waals surface area contributed by atoms with E-state index < -0.39 is 11.7 Å². The number of pyridine rings is 1. The number of hydrogen-bond donors (Lipinski definition) is 1. The Labute approximate surface area is 148 Å². The van der Waals surface area contributed by atoms with Crippen LogP contribution in [0.3, 0.4) is 0 Å². The van der Waals surface area contributed by atoms with Crippen LogP contribution in [-0.4, -0.2) is 9.97 Å². The minimum Gasteiger partial charge on any atom is -0.423 e. The van der Waals surface area contributed by atoms with Gasteiger partial charge in [-0.1, -0.05) is 26.0 Å². The van der Waals surface area contributed by atoms with Gasteiger partial charge in [0.1, 0.15) is 11.8 Å². The van der Waals surface area contributed by atoms with E-state index in [9.17, 15) is 13.2 Å². The second-order valence-corrected chi connectivity index (χ2v) is 4.77. The summed E-state index contributed by atoms with van der Waals surface area (Å²) in [4.78, 5) is 7.90. The molecule has 1 aromatic carbocycles. The molecule has 0 amide bonds. The van der Waals surface area contributed by atoms with Crippen molar-refractivity contribution in [3.63, 3.8) is 0 Å². The van der Waals surface area contributed by atoms with Crippen molar-refractivity contribution < 1.29 is 17.6 Å². The number of oxazole rings is 1. The SMILES string of the molecule is CC.N#Cc1ccc(Nc2ncc(-c3ccc(C(F)(F)F)cc3)o2)cn1. The van der Waals surface area contributed by atoms with E-state index in [4.69, 9.17) is 9.68 Å². The lowest BCUT2D eigenvalue weighted by atomic mass is 10.1. The Bertz CT molecular complexity index is 879. The van der Waals surface area contributed by atoms with Gasteiger partial charge in [0.15, 0.2) is 5.76 Å². The van der Waals surface area contributed by atoms with Crippen molar-refractivity contribution in [2.45, 2.75) is 20.0 Å². The first kappa shape index (κ1) is 19.0. The molecule has 0 aliphatic rings. The van der Waals surface area contributed by atoms with E-state index in [1.807, 2.05) is 19.9 Å². The molecule has 2 aromatic heterocycles. The van der Waals surface area contributed by atoms with Gasteiger partial charge in [-0.05, 0) is 24.3 Å². The van der Waals surface area contributed by atoms with Crippen LogP contribution in [0.2, 0.25) is 0 Å². The number of nitrogens with zero attached hydrogens (tertiary/aromatic N) is 3. The predicted molar refractivity (Wildman–Crippen MR) is 90.5 cm³/mol. The van der Waals surface area contributed by atoms with Gasteiger partial charge in [0.2, 0.25) is 0 Å². The van der Waals surface area contributed by atoms with E-state index >= 15 is 0 Å². The molecule has 134 valence electrons. The van der Waals surface area contributed by atoms with Gasteiger partial charge in [0.25, 0.3) is 6.01 Å². The summed E-state index contributed by atoms with van der Waals surface area (Å²) < 4.78 is 43.1. The molecule has 0 bridgehead atoms. The molecule has 0 spiro atoms. The summed E-state index contributed by atoms with van der Waals surface area (Å²) in [7, 11) is 0. The molecule has 0 aliphatic heterocycles. The summed E-state index contributed by atoms with van der Waals surface area (Å²) in [6, 6.07) is 9.82. The number of aromatic nitrogens is 2. The standard InChI is InChI=1S/C16H9F3N4O.C2H6/c17-16(18,19)11-3-1-10(2-4-11)14-9-22-15(24-14)23-13-6-5-12(7-20)21-8-13;1-2/h1-6,8-9H,(H,22,23);1-2H3. The second-order valence-electron chi connectivity index (χ2n) is 4.77. The molecule has 0 saturated heterocycles. The highest BCUT2D eigenvalue weighted by molar-refractivity contribution is 5.60. The third-order valence-electron chi connectivity index (χ3n) is 3.13. The summed E-state index contributed by atoms with van der Waals surface area (Å²) in [6.07, 6.45) is -1.53. The lowest BCUT2D eigenvalue weighted by molar-refractivity contribution is -0.137. The Morgan fingerprint density at radius 1 is 1.00 bits per heavy atom. The fourth-order valence-electron chi connectivity index (χ4n) is 1.95. The van der Waals surface area contributed by atoms with Crippen LogP contribution in [0.5, 0.6) is 0 Å². The molecular formula is C18H15F3N4O. The maximum atomic E-state index is 12.6. The van der Waals surface area contributed by atoms with Crippen LogP contribution in [0.15, 0.2) is 53.2 Å². The number of hydrogen-bond acceptors (Lipinski definition) is 5. The van der Waals surface area contributed by atoms with Gasteiger partial charge in [-0.2, -0.15) is 18.4 Å². The van der Waals surface area contributed by atoms with E-state index in [1.54, 1.807) is 6.07 Å². The van der Waals surface area contributed by atoms with Crippen LogP contribution in [0.1, 0.15) is 25.1 Å². The summed E-state index contributed by atoms with van der Waals surface area (Å²) in [5.74, 6) is 0.327. The first-order chi connectivity index (χ1) is 12.5. The van der Waals surface area contributed by atoms with Crippen LogP contribution < -0.4 is 5.32 Å². The Hall–Kier alpha value is -3.34. The molecular weight excluding hydrogens is 345 g/mol. The second kappa shape index (κ2) is 8.16. The Balaban J connectivity index is 0.00000117. The van der Waals surface area contributed by atoms with Gasteiger partial charge >= 0.3 is 6.18 Å². The topological polar surface area (TPSA) is 74.7 Å². The summed E-state index contributed by atoms with van der Waals surface area (Å²) in [5, 5.41) is 11.5. The first-order valence-corrected chi connectivity index (χ1v) is 7.72. The fourth-order valence-corrected chi connectivity index (χ4v) is 1.95. The van der Waals surface area contributed by atoms with Crippen molar-refractivity contribution in [1.29, 1.82) is 5.26 Å². The Kier molecular flexibility index (Phi) is 5.96. The minimum atomic E-state index is -4.38. The zero-order valence-corrected chi connectivity index (χ0v) is 14.0. The summed E-state index contributed by atoms with van der Waals surface area (Å²) >= 11 is 0. The molecule has 2 heterocycles. The van der Waals surface area contributed by atoms with Gasteiger partial charge in [-0.25, -0.2) is 9.97 Å². The van der Waals surface area contributed by atoms with E-state index in [-0.39, 0.29) is 11.7 Å². The monoisotopic (exact) mass is 360 g/mol. The molecule has 0 unspecified atom stereocenters. The predicted octanol–water partition coefficient (Wildman–Crippen LogP) is 5.40. The molecule has 0 aliphatic carbocycles. The lowest BCUT2D eigenvalue weighted by Crippen LogP contribution is -2.03. The zero-order valence-electron chi connectivity index (χ0n) is 14.0. The smallest absolute Gasteiger partial charge is 0.416 e. The average Bonchev–Trinajstić information content (AvgIpc) is 3.12. The van der Waals surface area contributed by atoms with Crippen molar-refractivity contribution >= 4 is 11.7 Å². The number of halogens is 3. The minimum absolute atomic E-state index is 0.163. The number of alkyl halides is 3.